The van der Waals surface area contributed by atoms with Crippen LogP contribution in [0.3, 0.4) is 0 Å². The van der Waals surface area contributed by atoms with Crippen molar-refractivity contribution >= 4 is 24.8 Å². The summed E-state index contributed by atoms with van der Waals surface area (Å²) in [6, 6.07) is 8.70. The number of nitrogens with one attached hydrogen (secondary N) is 2. The summed E-state index contributed by atoms with van der Waals surface area (Å²) in [6.07, 6.45) is 6.42. The van der Waals surface area contributed by atoms with Crippen LogP contribution in [0.5, 0.6) is 0 Å². The van der Waals surface area contributed by atoms with E-state index in [2.05, 4.69) is 41.4 Å². The molecule has 5 fully saturated rings. The van der Waals surface area contributed by atoms with Crippen LogP contribution in [0.1, 0.15) is 56.1 Å². The van der Waals surface area contributed by atoms with E-state index in [0.717, 1.165) is 18.4 Å². The molecule has 3 heterocycles. The normalized spacial score (nSPS) is 28.7. The van der Waals surface area contributed by atoms with E-state index in [9.17, 15) is 14.4 Å². The summed E-state index contributed by atoms with van der Waals surface area (Å²) in [5, 5.41) is 5.84. The number of rotatable bonds is 9. The quantitative estimate of drug-likeness (QED) is 0.424. The Morgan fingerprint density at radius 2 is 1.84 bits per heavy atom. The molecule has 0 radical (unpaired) electrons. The lowest BCUT2D eigenvalue weighted by Crippen LogP contribution is -2.65. The van der Waals surface area contributed by atoms with Crippen LogP contribution in [0.4, 0.5) is 0 Å². The van der Waals surface area contributed by atoms with E-state index >= 15 is 0 Å². The van der Waals surface area contributed by atoms with Gasteiger partial charge in [0.15, 0.2) is 0 Å². The summed E-state index contributed by atoms with van der Waals surface area (Å²) < 4.78 is 18.7. The van der Waals surface area contributed by atoms with Gasteiger partial charge in [0.1, 0.15) is 11.7 Å². The third-order valence-electron chi connectivity index (χ3n) is 10.1. The van der Waals surface area contributed by atoms with E-state index < -0.39 is 36.5 Å². The fraction of sp³-hybridized carbons (Fsp3) is 0.581. The first kappa shape index (κ1) is 29.7. The van der Waals surface area contributed by atoms with E-state index in [1.807, 2.05) is 30.3 Å². The minimum Gasteiger partial charge on any atom is -0.404 e. The number of carbonyl (C=O) groups excluding carboxylic acids is 3. The summed E-state index contributed by atoms with van der Waals surface area (Å²) >= 11 is 0. The number of ether oxygens (including phenoxy) is 1. The predicted molar refractivity (Wildman–Crippen MR) is 157 cm³/mol. The zero-order valence-corrected chi connectivity index (χ0v) is 25.0. The van der Waals surface area contributed by atoms with Gasteiger partial charge < -0.3 is 29.6 Å². The molecular formula is C31H40BN5O6. The van der Waals surface area contributed by atoms with Crippen LogP contribution in [-0.4, -0.2) is 89.7 Å². The molecular weight excluding hydrogens is 549 g/mol. The van der Waals surface area contributed by atoms with E-state index in [1.165, 1.54) is 18.6 Å². The first-order chi connectivity index (χ1) is 20.6. The first-order valence-corrected chi connectivity index (χ1v) is 15.2. The number of nitrogens with zero attached hydrogens (tertiary/aromatic N) is 3. The summed E-state index contributed by atoms with van der Waals surface area (Å²) in [6.45, 7) is 8.50. The molecule has 43 heavy (non-hydrogen) atoms. The van der Waals surface area contributed by atoms with Crippen molar-refractivity contribution in [1.29, 1.82) is 0 Å². The van der Waals surface area contributed by atoms with Gasteiger partial charge in [-0.3, -0.25) is 19.4 Å². The van der Waals surface area contributed by atoms with E-state index in [1.54, 1.807) is 4.90 Å². The second kappa shape index (κ2) is 12.0. The Bertz CT molecular complexity index is 1330. The monoisotopic (exact) mass is 589 g/mol. The largest absolute Gasteiger partial charge is 0.482 e. The molecule has 1 aromatic carbocycles. The topological polar surface area (TPSA) is 132 Å². The van der Waals surface area contributed by atoms with Crippen molar-refractivity contribution in [3.8, 4) is 0 Å². The number of morpholine rings is 1. The first-order valence-electron chi connectivity index (χ1n) is 15.2. The second-order valence-corrected chi connectivity index (χ2v) is 13.0. The molecule has 6 atom stereocenters. The minimum atomic E-state index is -1.14. The fourth-order valence-corrected chi connectivity index (χ4v) is 7.41. The number of carbonyl (C=O) groups is 3. The van der Waals surface area contributed by atoms with Gasteiger partial charge in [0, 0.05) is 25.5 Å². The smallest absolute Gasteiger partial charge is 0.404 e. The standard InChI is InChI=1S/C31H40BN5O6/c1-30(2)21-16-24(30)31(3)25(17-21)42-32(43-31)26(15-20-7-5-4-6-8-20)36-28(39)22(18-27(38)37-11-13-41-14-12-37)35-29(40)23-19-33-9-10-34-23/h4-10,19,21-22,24-26H,11-18H2,1-3H3,(H,35,40)(H,36,39)/t21-,22?,24-,25+,26-,31-/m0/s1. The van der Waals surface area contributed by atoms with E-state index in [0.29, 0.717) is 44.6 Å². The molecule has 3 amide bonds. The number of benzene rings is 1. The average molecular weight is 590 g/mol. The molecule has 5 aliphatic rings. The zero-order valence-electron chi connectivity index (χ0n) is 25.0. The minimum absolute atomic E-state index is 0.0560. The Morgan fingerprint density at radius 1 is 1.07 bits per heavy atom. The van der Waals surface area contributed by atoms with Crippen molar-refractivity contribution in [3.05, 3.63) is 60.2 Å². The van der Waals surface area contributed by atoms with Crippen molar-refractivity contribution in [3.63, 3.8) is 0 Å². The van der Waals surface area contributed by atoms with Crippen LogP contribution in [0.2, 0.25) is 0 Å². The molecule has 2 saturated heterocycles. The molecule has 2 bridgehead atoms. The van der Waals surface area contributed by atoms with Gasteiger partial charge in [0.25, 0.3) is 5.91 Å². The lowest BCUT2D eigenvalue weighted by Gasteiger charge is -2.64. The number of amides is 3. The summed E-state index contributed by atoms with van der Waals surface area (Å²) in [4.78, 5) is 50.0. The Hall–Kier alpha value is -3.35. The highest BCUT2D eigenvalue weighted by Crippen LogP contribution is 2.65. The lowest BCUT2D eigenvalue weighted by atomic mass is 9.43. The van der Waals surface area contributed by atoms with Gasteiger partial charge in [-0.15, -0.1) is 0 Å². The van der Waals surface area contributed by atoms with Crippen molar-refractivity contribution in [2.24, 2.45) is 17.3 Å². The van der Waals surface area contributed by atoms with Gasteiger partial charge in [-0.2, -0.15) is 0 Å². The fourth-order valence-electron chi connectivity index (χ4n) is 7.41. The van der Waals surface area contributed by atoms with E-state index in [4.69, 9.17) is 14.0 Å². The van der Waals surface area contributed by atoms with Gasteiger partial charge in [0.05, 0.1) is 43.5 Å². The van der Waals surface area contributed by atoms with Gasteiger partial charge in [-0.05, 0) is 49.0 Å². The molecule has 11 nitrogen and oxygen atoms in total. The van der Waals surface area contributed by atoms with Crippen LogP contribution in [0, 0.1) is 17.3 Å². The third kappa shape index (κ3) is 5.92. The van der Waals surface area contributed by atoms with Crippen molar-refractivity contribution in [1.82, 2.24) is 25.5 Å². The number of aromatic nitrogens is 2. The third-order valence-corrected chi connectivity index (χ3v) is 10.1. The number of hydrogen-bond donors (Lipinski definition) is 2. The Balaban J connectivity index is 1.23. The molecule has 1 unspecified atom stereocenters. The highest BCUT2D eigenvalue weighted by Gasteiger charge is 2.68. The summed E-state index contributed by atoms with van der Waals surface area (Å²) in [5.41, 5.74) is 0.793. The number of hydrogen-bond acceptors (Lipinski definition) is 8. The maximum Gasteiger partial charge on any atom is 0.482 e. The highest BCUT2D eigenvalue weighted by molar-refractivity contribution is 6.48. The SMILES string of the molecule is CC1(C)[C@@H]2C[C@H]3OB([C@H](Cc4ccccc4)NC(=O)C(CC(=O)N4CCOCC4)NC(=O)c4cnccn4)O[C@@]3(C)[C@H]1C2. The van der Waals surface area contributed by atoms with Crippen LogP contribution >= 0.6 is 0 Å². The second-order valence-electron chi connectivity index (χ2n) is 13.0. The molecule has 3 aliphatic carbocycles. The molecule has 2 N–H and O–H groups in total. The zero-order chi connectivity index (χ0) is 30.2. The molecule has 12 heteroatoms. The van der Waals surface area contributed by atoms with Gasteiger partial charge in [0.2, 0.25) is 11.8 Å². The average Bonchev–Trinajstić information content (AvgIpc) is 3.39. The van der Waals surface area contributed by atoms with Gasteiger partial charge >= 0.3 is 7.12 Å². The predicted octanol–water partition coefficient (Wildman–Crippen LogP) is 1.82. The maximum atomic E-state index is 14.0. The van der Waals surface area contributed by atoms with E-state index in [-0.39, 0.29) is 29.5 Å². The molecule has 228 valence electrons. The van der Waals surface area contributed by atoms with Gasteiger partial charge in [-0.1, -0.05) is 44.2 Å². The summed E-state index contributed by atoms with van der Waals surface area (Å²) in [7, 11) is -0.680. The van der Waals surface area contributed by atoms with Crippen LogP contribution in [-0.2, 0) is 30.1 Å². The van der Waals surface area contributed by atoms with Crippen LogP contribution < -0.4 is 10.6 Å². The molecule has 0 spiro atoms. The van der Waals surface area contributed by atoms with Gasteiger partial charge in [-0.25, -0.2) is 4.98 Å². The molecule has 1 aromatic heterocycles. The molecule has 2 aromatic rings. The van der Waals surface area contributed by atoms with Crippen molar-refractivity contribution in [2.75, 3.05) is 26.3 Å². The van der Waals surface area contributed by atoms with Crippen LogP contribution in [0.15, 0.2) is 48.9 Å². The van der Waals surface area contributed by atoms with Crippen molar-refractivity contribution in [2.45, 2.75) is 70.1 Å². The van der Waals surface area contributed by atoms with Crippen LogP contribution in [0.25, 0.3) is 0 Å². The summed E-state index contributed by atoms with van der Waals surface area (Å²) in [5.74, 6) is -0.907. The maximum absolute atomic E-state index is 14.0. The Kier molecular flexibility index (Phi) is 8.27. The molecule has 3 saturated carbocycles. The lowest BCUT2D eigenvalue weighted by molar-refractivity contribution is -0.199. The highest BCUT2D eigenvalue weighted by atomic mass is 16.7. The molecule has 2 aliphatic heterocycles. The Labute approximate surface area is 252 Å². The van der Waals surface area contributed by atoms with Crippen molar-refractivity contribution < 1.29 is 28.4 Å². The molecule has 7 rings (SSSR count). The Morgan fingerprint density at radius 3 is 2.53 bits per heavy atom.